The third kappa shape index (κ3) is 3.84. The number of carbonyl (C=O) groups is 1. The zero-order valence-electron chi connectivity index (χ0n) is 11.0. The van der Waals surface area contributed by atoms with Crippen LogP contribution in [-0.2, 0) is 24.3 Å². The summed E-state index contributed by atoms with van der Waals surface area (Å²) in [6.45, 7) is 2.97. The van der Waals surface area contributed by atoms with Gasteiger partial charge in [0.1, 0.15) is 6.54 Å². The number of nitrogens with one attached hydrogen (secondary N) is 1. The molecule has 0 saturated carbocycles. The van der Waals surface area contributed by atoms with E-state index in [0.717, 1.165) is 18.7 Å². The van der Waals surface area contributed by atoms with Crippen molar-refractivity contribution >= 4 is 11.6 Å². The molecule has 19 heavy (non-hydrogen) atoms. The third-order valence-corrected chi connectivity index (χ3v) is 2.88. The molecule has 5 heteroatoms. The number of hydrogen-bond acceptors (Lipinski definition) is 3. The Morgan fingerprint density at radius 1 is 1.32 bits per heavy atom. The fourth-order valence-corrected chi connectivity index (χ4v) is 1.80. The summed E-state index contributed by atoms with van der Waals surface area (Å²) in [7, 11) is 0. The van der Waals surface area contributed by atoms with Crippen molar-refractivity contribution in [3.63, 3.8) is 0 Å². The molecule has 3 N–H and O–H groups in total. The number of hydrogen-bond donors (Lipinski definition) is 2. The van der Waals surface area contributed by atoms with Crippen LogP contribution in [0.5, 0.6) is 0 Å². The number of aryl methyl sites for hydroxylation is 1. The van der Waals surface area contributed by atoms with Crippen molar-refractivity contribution in [3.8, 4) is 0 Å². The van der Waals surface area contributed by atoms with Gasteiger partial charge in [-0.15, -0.1) is 0 Å². The summed E-state index contributed by atoms with van der Waals surface area (Å²) in [6, 6.07) is 8.49. The predicted octanol–water partition coefficient (Wildman–Crippen LogP) is 1.54. The number of benzene rings is 1. The zero-order chi connectivity index (χ0) is 13.7. The average Bonchev–Trinajstić information content (AvgIpc) is 2.84. The average molecular weight is 258 g/mol. The molecule has 100 valence electrons. The zero-order valence-corrected chi connectivity index (χ0v) is 11.0. The van der Waals surface area contributed by atoms with Gasteiger partial charge in [-0.2, -0.15) is 5.10 Å². The van der Waals surface area contributed by atoms with Crippen LogP contribution in [0.25, 0.3) is 0 Å². The maximum absolute atomic E-state index is 10.8. The smallest absolute Gasteiger partial charge is 0.239 e. The Hall–Kier alpha value is -2.30. The summed E-state index contributed by atoms with van der Waals surface area (Å²) in [5, 5.41) is 7.31. The highest BCUT2D eigenvalue weighted by molar-refractivity contribution is 5.73. The molecule has 2 aromatic rings. The largest absolute Gasteiger partial charge is 0.378 e. The van der Waals surface area contributed by atoms with Gasteiger partial charge in [-0.3, -0.25) is 9.48 Å². The maximum Gasteiger partial charge on any atom is 0.239 e. The molecule has 0 atom stereocenters. The van der Waals surface area contributed by atoms with E-state index in [4.69, 9.17) is 5.73 Å². The molecular formula is C14H18N4O. The molecule has 0 fully saturated rings. The summed E-state index contributed by atoms with van der Waals surface area (Å²) in [6.07, 6.45) is 4.50. The van der Waals surface area contributed by atoms with Gasteiger partial charge < -0.3 is 11.1 Å². The first-order valence-corrected chi connectivity index (χ1v) is 6.30. The Morgan fingerprint density at radius 2 is 2.00 bits per heavy atom. The number of anilines is 1. The van der Waals surface area contributed by atoms with Crippen LogP contribution in [-0.4, -0.2) is 15.7 Å². The first-order valence-electron chi connectivity index (χ1n) is 6.30. The lowest BCUT2D eigenvalue weighted by molar-refractivity contribution is -0.118. The van der Waals surface area contributed by atoms with Crippen molar-refractivity contribution < 1.29 is 4.79 Å². The molecule has 0 aliphatic heterocycles. The fourth-order valence-electron chi connectivity index (χ4n) is 1.80. The summed E-state index contributed by atoms with van der Waals surface area (Å²) in [5.74, 6) is -0.398. The minimum atomic E-state index is -0.398. The van der Waals surface area contributed by atoms with E-state index in [-0.39, 0.29) is 6.54 Å². The van der Waals surface area contributed by atoms with Crippen molar-refractivity contribution in [2.45, 2.75) is 26.4 Å². The summed E-state index contributed by atoms with van der Waals surface area (Å²) < 4.78 is 1.52. The normalized spacial score (nSPS) is 10.4. The standard InChI is InChI=1S/C14H18N4O/c1-2-11-3-5-12(6-4-11)7-16-13-8-17-18(9-13)10-14(15)19/h3-6,8-9,16H,2,7,10H2,1H3,(H2,15,19). The van der Waals surface area contributed by atoms with Gasteiger partial charge >= 0.3 is 0 Å². The lowest BCUT2D eigenvalue weighted by atomic mass is 10.1. The van der Waals surface area contributed by atoms with Crippen LogP contribution in [0.15, 0.2) is 36.7 Å². The second-order valence-corrected chi connectivity index (χ2v) is 4.42. The molecule has 1 heterocycles. The van der Waals surface area contributed by atoms with Gasteiger partial charge in [-0.25, -0.2) is 0 Å². The molecule has 1 aromatic carbocycles. The van der Waals surface area contributed by atoms with Gasteiger partial charge in [0.15, 0.2) is 0 Å². The maximum atomic E-state index is 10.8. The van der Waals surface area contributed by atoms with Crippen molar-refractivity contribution in [1.29, 1.82) is 0 Å². The fraction of sp³-hybridized carbons (Fsp3) is 0.286. The Balaban J connectivity index is 1.90. The number of rotatable bonds is 6. The van der Waals surface area contributed by atoms with Gasteiger partial charge in [0.25, 0.3) is 0 Å². The second-order valence-electron chi connectivity index (χ2n) is 4.42. The highest BCUT2D eigenvalue weighted by Crippen LogP contribution is 2.09. The number of aromatic nitrogens is 2. The SMILES string of the molecule is CCc1ccc(CNc2cnn(CC(N)=O)c2)cc1. The molecule has 1 amide bonds. The highest BCUT2D eigenvalue weighted by Gasteiger charge is 2.01. The van der Waals surface area contributed by atoms with E-state index in [1.165, 1.54) is 15.8 Å². The highest BCUT2D eigenvalue weighted by atomic mass is 16.1. The molecule has 0 unspecified atom stereocenters. The molecule has 2 rings (SSSR count). The van der Waals surface area contributed by atoms with E-state index >= 15 is 0 Å². The number of primary amides is 1. The van der Waals surface area contributed by atoms with Crippen molar-refractivity contribution in [2.75, 3.05) is 5.32 Å². The van der Waals surface area contributed by atoms with Gasteiger partial charge in [0.05, 0.1) is 11.9 Å². The van der Waals surface area contributed by atoms with Crippen molar-refractivity contribution in [2.24, 2.45) is 5.73 Å². The number of amides is 1. The molecule has 0 aliphatic carbocycles. The van der Waals surface area contributed by atoms with E-state index in [2.05, 4.69) is 41.6 Å². The first kappa shape index (κ1) is 13.1. The van der Waals surface area contributed by atoms with Crippen molar-refractivity contribution in [3.05, 3.63) is 47.8 Å². The van der Waals surface area contributed by atoms with E-state index in [0.29, 0.717) is 0 Å². The Morgan fingerprint density at radius 3 is 2.63 bits per heavy atom. The van der Waals surface area contributed by atoms with Crippen LogP contribution in [0, 0.1) is 0 Å². The van der Waals surface area contributed by atoms with Gasteiger partial charge in [0, 0.05) is 12.7 Å². The summed E-state index contributed by atoms with van der Waals surface area (Å²) >= 11 is 0. The van der Waals surface area contributed by atoms with Crippen molar-refractivity contribution in [1.82, 2.24) is 9.78 Å². The molecular weight excluding hydrogens is 240 g/mol. The third-order valence-electron chi connectivity index (χ3n) is 2.88. The van der Waals surface area contributed by atoms with Crippen LogP contribution < -0.4 is 11.1 Å². The topological polar surface area (TPSA) is 72.9 Å². The molecule has 0 bridgehead atoms. The molecule has 0 saturated heterocycles. The van der Waals surface area contributed by atoms with E-state index in [1.54, 1.807) is 12.4 Å². The van der Waals surface area contributed by atoms with Gasteiger partial charge in [0.2, 0.25) is 5.91 Å². The minimum Gasteiger partial charge on any atom is -0.378 e. The predicted molar refractivity (Wildman–Crippen MR) is 74.6 cm³/mol. The number of nitrogens with two attached hydrogens (primary N) is 1. The molecule has 0 aliphatic rings. The molecule has 0 spiro atoms. The van der Waals surface area contributed by atoms with E-state index in [1.807, 2.05) is 0 Å². The lowest BCUT2D eigenvalue weighted by Crippen LogP contribution is -2.18. The van der Waals surface area contributed by atoms with E-state index < -0.39 is 5.91 Å². The Kier molecular flexibility index (Phi) is 4.18. The monoisotopic (exact) mass is 258 g/mol. The quantitative estimate of drug-likeness (QED) is 0.825. The van der Waals surface area contributed by atoms with Crippen LogP contribution in [0.2, 0.25) is 0 Å². The summed E-state index contributed by atoms with van der Waals surface area (Å²) in [5.41, 5.74) is 8.52. The van der Waals surface area contributed by atoms with E-state index in [9.17, 15) is 4.79 Å². The number of nitrogens with zero attached hydrogens (tertiary/aromatic N) is 2. The second kappa shape index (κ2) is 6.04. The first-order chi connectivity index (χ1) is 9.17. The van der Waals surface area contributed by atoms with Crippen LogP contribution in [0.3, 0.4) is 0 Å². The minimum absolute atomic E-state index is 0.104. The Labute approximate surface area is 112 Å². The van der Waals surface area contributed by atoms with Crippen LogP contribution in [0.4, 0.5) is 5.69 Å². The van der Waals surface area contributed by atoms with Gasteiger partial charge in [-0.1, -0.05) is 31.2 Å². The summed E-state index contributed by atoms with van der Waals surface area (Å²) in [4.78, 5) is 10.8. The molecule has 1 aromatic heterocycles. The molecule has 5 nitrogen and oxygen atoms in total. The number of carbonyl (C=O) groups excluding carboxylic acids is 1. The Bertz CT molecular complexity index is 545. The van der Waals surface area contributed by atoms with Gasteiger partial charge in [-0.05, 0) is 17.5 Å². The molecule has 0 radical (unpaired) electrons. The van der Waals surface area contributed by atoms with Crippen LogP contribution >= 0.6 is 0 Å². The lowest BCUT2D eigenvalue weighted by Gasteiger charge is -2.04. The van der Waals surface area contributed by atoms with Crippen LogP contribution in [0.1, 0.15) is 18.1 Å².